The molecular weight excluding hydrogens is 600 g/mol. The summed E-state index contributed by atoms with van der Waals surface area (Å²) in [5.41, 5.74) is -1.74. The van der Waals surface area contributed by atoms with Crippen molar-refractivity contribution in [3.8, 4) is 11.8 Å². The highest BCUT2D eigenvalue weighted by Crippen LogP contribution is 2.85. The zero-order valence-corrected chi connectivity index (χ0v) is 29.9. The summed E-state index contributed by atoms with van der Waals surface area (Å²) >= 11 is 0. The zero-order valence-electron chi connectivity index (χ0n) is 29.9. The molecule has 266 valence electrons. The van der Waals surface area contributed by atoms with Crippen molar-refractivity contribution in [1.29, 1.82) is 0 Å². The summed E-state index contributed by atoms with van der Waals surface area (Å²) in [5.74, 6) is 6.83. The van der Waals surface area contributed by atoms with Crippen molar-refractivity contribution in [2.75, 3.05) is 6.61 Å². The molecule has 48 heavy (non-hydrogen) atoms. The third kappa shape index (κ3) is 3.82. The lowest BCUT2D eigenvalue weighted by Crippen LogP contribution is -2.77. The predicted molar refractivity (Wildman–Crippen MR) is 184 cm³/mol. The number of ketones is 1. The van der Waals surface area contributed by atoms with Gasteiger partial charge in [0, 0.05) is 34.0 Å². The van der Waals surface area contributed by atoms with Crippen molar-refractivity contribution in [1.82, 2.24) is 0 Å². The summed E-state index contributed by atoms with van der Waals surface area (Å²) in [7, 11) is 0. The van der Waals surface area contributed by atoms with Crippen LogP contribution in [0.25, 0.3) is 0 Å². The van der Waals surface area contributed by atoms with Gasteiger partial charge in [-0.1, -0.05) is 57.9 Å². The van der Waals surface area contributed by atoms with E-state index in [0.717, 1.165) is 103 Å². The molecule has 8 aliphatic carbocycles. The Morgan fingerprint density at radius 1 is 0.917 bits per heavy atom. The highest BCUT2D eigenvalue weighted by atomic mass is 16.3. The molecule has 4 bridgehead atoms. The first-order valence-electron chi connectivity index (χ1n) is 20.0. The maximum Gasteiger partial charge on any atom is 0.159 e. The quantitative estimate of drug-likeness (QED) is 0.162. The standard InChI is InChI=1S/C42H62O6/c1-4-5-6-8-16-39-19-14-31(45)37(3,34(48)25-43)29(39)13-17-36(2)35(39)28(44)23-30-40(36)20-12-27-11-18-38-15-9-7-10-32(46)41(22-21-38,33(47)24-40)42(27,30)26-38/h23,27,29,31-35,43,45-48H,4-6,8-9,11-22,24-26H2,1-3H3/t27-,29+,31-,32-,33-,34+,35-,36+,37-,38+,39-,40+,41-,42-/m0/s1. The topological polar surface area (TPSA) is 118 Å². The van der Waals surface area contributed by atoms with Gasteiger partial charge in [-0.25, -0.2) is 0 Å². The molecule has 0 radical (unpaired) electrons. The van der Waals surface area contributed by atoms with Crippen molar-refractivity contribution in [3.63, 3.8) is 0 Å². The van der Waals surface area contributed by atoms with Crippen molar-refractivity contribution >= 4 is 5.78 Å². The second-order valence-electron chi connectivity index (χ2n) is 19.1. The lowest BCUT2D eigenvalue weighted by atomic mass is 9.24. The molecule has 14 atom stereocenters. The van der Waals surface area contributed by atoms with Gasteiger partial charge in [-0.2, -0.15) is 0 Å². The van der Waals surface area contributed by atoms with Gasteiger partial charge in [0.25, 0.3) is 0 Å². The van der Waals surface area contributed by atoms with Crippen molar-refractivity contribution < 1.29 is 30.3 Å². The van der Waals surface area contributed by atoms with Crippen molar-refractivity contribution in [2.45, 2.75) is 167 Å². The van der Waals surface area contributed by atoms with Crippen LogP contribution < -0.4 is 0 Å². The van der Waals surface area contributed by atoms with E-state index < -0.39 is 52.7 Å². The lowest BCUT2D eigenvalue weighted by Gasteiger charge is -2.79. The maximum absolute atomic E-state index is 15.5. The van der Waals surface area contributed by atoms with Gasteiger partial charge in [-0.05, 0) is 124 Å². The fraction of sp³-hybridized carbons (Fsp3) is 0.881. The van der Waals surface area contributed by atoms with Crippen LogP contribution in [0.15, 0.2) is 11.6 Å². The smallest absolute Gasteiger partial charge is 0.159 e. The number of rotatable bonds is 7. The molecule has 6 nitrogen and oxygen atoms in total. The monoisotopic (exact) mass is 662 g/mol. The molecule has 0 aromatic heterocycles. The molecule has 0 aromatic carbocycles. The van der Waals surface area contributed by atoms with Gasteiger partial charge in [-0.3, -0.25) is 4.79 Å². The summed E-state index contributed by atoms with van der Waals surface area (Å²) in [4.78, 5) is 15.5. The first-order chi connectivity index (χ1) is 22.9. The van der Waals surface area contributed by atoms with Crippen molar-refractivity contribution in [2.24, 2.45) is 55.7 Å². The molecule has 6 fully saturated rings. The molecular formula is C42H62O6. The average molecular weight is 663 g/mol. The Morgan fingerprint density at radius 3 is 2.48 bits per heavy atom. The van der Waals surface area contributed by atoms with Gasteiger partial charge in [-0.15, -0.1) is 5.92 Å². The fourth-order valence-electron chi connectivity index (χ4n) is 16.0. The fourth-order valence-corrected chi connectivity index (χ4v) is 16.0. The Kier molecular flexibility index (Phi) is 7.86. The van der Waals surface area contributed by atoms with Crippen molar-refractivity contribution in [3.05, 3.63) is 11.6 Å². The number of unbranched alkanes of at least 4 members (excludes halogenated alkanes) is 3. The summed E-state index contributed by atoms with van der Waals surface area (Å²) in [6.45, 7) is 6.21. The number of fused-ring (bicyclic) bond motifs is 4. The Morgan fingerprint density at radius 2 is 1.71 bits per heavy atom. The highest BCUT2D eigenvalue weighted by Gasteiger charge is 2.81. The second-order valence-corrected chi connectivity index (χ2v) is 19.1. The minimum absolute atomic E-state index is 0.0868. The summed E-state index contributed by atoms with van der Waals surface area (Å²) in [5, 5.41) is 58.3. The molecule has 8 rings (SSSR count). The lowest BCUT2D eigenvalue weighted by molar-refractivity contribution is -0.288. The number of aliphatic hydroxyl groups is 5. The number of carbonyl (C=O) groups excluding carboxylic acids is 1. The average Bonchev–Trinajstić information content (AvgIpc) is 3.15. The number of carbonyl (C=O) groups is 1. The predicted octanol–water partition coefficient (Wildman–Crippen LogP) is 6.26. The molecule has 8 aliphatic rings. The normalized spacial score (nSPS) is 53.8. The highest BCUT2D eigenvalue weighted by molar-refractivity contribution is 5.96. The largest absolute Gasteiger partial charge is 0.394 e. The van der Waals surface area contributed by atoms with Crippen LogP contribution in [0, 0.1) is 67.5 Å². The molecule has 6 heteroatoms. The number of hydrogen-bond donors (Lipinski definition) is 5. The van der Waals surface area contributed by atoms with Gasteiger partial charge in [0.2, 0.25) is 0 Å². The Balaban J connectivity index is 1.33. The number of aliphatic hydroxyl groups excluding tert-OH is 5. The van der Waals surface area contributed by atoms with Crippen LogP contribution >= 0.6 is 0 Å². The van der Waals surface area contributed by atoms with Crippen LogP contribution in [0.3, 0.4) is 0 Å². The van der Waals surface area contributed by atoms with E-state index in [-0.39, 0.29) is 33.9 Å². The molecule has 6 saturated carbocycles. The molecule has 0 heterocycles. The molecule has 0 aliphatic heterocycles. The van der Waals surface area contributed by atoms with Gasteiger partial charge in [0.1, 0.15) is 6.10 Å². The SMILES string of the molecule is CCCCCC[C@]12CC[C@H](O)[C@@](C)([C@H](O)CO)[C@H]1CC[C@]1(C)[C@@H]2C(=O)C=C2[C@]13CC[C@@H]1CC[C@]45CCC#C[C@H](O)[C@@](CC4)([C@@H](O)C3)[C@]21C5. The number of allylic oxidation sites excluding steroid dienone is 2. The van der Waals surface area contributed by atoms with E-state index in [9.17, 15) is 25.5 Å². The van der Waals surface area contributed by atoms with E-state index in [1.807, 2.05) is 6.92 Å². The third-order valence-electron chi connectivity index (χ3n) is 18.1. The molecule has 0 aromatic rings. The maximum atomic E-state index is 15.5. The van der Waals surface area contributed by atoms with E-state index >= 15 is 4.79 Å². The summed E-state index contributed by atoms with van der Waals surface area (Å²) in [6.07, 6.45) is 16.4. The van der Waals surface area contributed by atoms with Gasteiger partial charge >= 0.3 is 0 Å². The minimum Gasteiger partial charge on any atom is -0.394 e. The zero-order chi connectivity index (χ0) is 34.0. The Labute approximate surface area is 288 Å². The van der Waals surface area contributed by atoms with E-state index in [4.69, 9.17) is 0 Å². The number of hydrogen-bond acceptors (Lipinski definition) is 6. The molecule has 5 N–H and O–H groups in total. The van der Waals surface area contributed by atoms with Crippen LogP contribution in [0.1, 0.15) is 143 Å². The van der Waals surface area contributed by atoms with E-state index in [1.165, 1.54) is 12.0 Å². The van der Waals surface area contributed by atoms with Crippen LogP contribution in [0.2, 0.25) is 0 Å². The van der Waals surface area contributed by atoms with Crippen LogP contribution in [-0.2, 0) is 4.79 Å². The van der Waals surface area contributed by atoms with E-state index in [1.54, 1.807) is 0 Å². The Bertz CT molecular complexity index is 1420. The van der Waals surface area contributed by atoms with Gasteiger partial charge in [0.05, 0.1) is 24.9 Å². The first kappa shape index (κ1) is 33.9. The molecule has 0 saturated heterocycles. The summed E-state index contributed by atoms with van der Waals surface area (Å²) < 4.78 is 0. The Hall–Kier alpha value is -1.23. The summed E-state index contributed by atoms with van der Waals surface area (Å²) in [6, 6.07) is 0. The van der Waals surface area contributed by atoms with E-state index in [2.05, 4.69) is 31.8 Å². The van der Waals surface area contributed by atoms with Crippen LogP contribution in [-0.4, -0.2) is 62.3 Å². The van der Waals surface area contributed by atoms with Gasteiger partial charge < -0.3 is 25.5 Å². The minimum atomic E-state index is -1.05. The first-order valence-corrected chi connectivity index (χ1v) is 20.0. The molecule has 3 spiro atoms. The molecule has 0 amide bonds. The second kappa shape index (κ2) is 11.1. The van der Waals surface area contributed by atoms with Crippen LogP contribution in [0.5, 0.6) is 0 Å². The molecule has 0 unspecified atom stereocenters. The van der Waals surface area contributed by atoms with Crippen LogP contribution in [0.4, 0.5) is 0 Å². The van der Waals surface area contributed by atoms with E-state index in [0.29, 0.717) is 18.8 Å². The van der Waals surface area contributed by atoms with Gasteiger partial charge in [0.15, 0.2) is 5.78 Å². The third-order valence-corrected chi connectivity index (χ3v) is 18.1.